The maximum absolute atomic E-state index is 6.26. The number of aromatic nitrogens is 3. The third-order valence-corrected chi connectivity index (χ3v) is 4.72. The van der Waals surface area contributed by atoms with Crippen LogP contribution >= 0.6 is 23.2 Å². The molecule has 0 saturated heterocycles. The SMILES string of the molecule is Cc1nn(C)c(C)c1CN(Cc1c(Cl)cncc1Cl)C(C)C. The van der Waals surface area contributed by atoms with Gasteiger partial charge in [-0.1, -0.05) is 23.2 Å². The molecule has 2 aromatic rings. The van der Waals surface area contributed by atoms with Crippen LogP contribution in [0.15, 0.2) is 12.4 Å². The molecule has 0 aliphatic rings. The minimum atomic E-state index is 0.360. The molecular weight excluding hydrogens is 319 g/mol. The molecule has 120 valence electrons. The molecule has 0 bridgehead atoms. The molecule has 0 N–H and O–H groups in total. The molecular formula is C16H22Cl2N4. The summed E-state index contributed by atoms with van der Waals surface area (Å²) in [6.45, 7) is 9.99. The van der Waals surface area contributed by atoms with E-state index in [1.807, 2.05) is 18.7 Å². The molecule has 22 heavy (non-hydrogen) atoms. The first-order valence-corrected chi connectivity index (χ1v) is 8.07. The van der Waals surface area contributed by atoms with Crippen molar-refractivity contribution in [2.75, 3.05) is 0 Å². The van der Waals surface area contributed by atoms with Gasteiger partial charge in [0.05, 0.1) is 15.7 Å². The van der Waals surface area contributed by atoms with Crippen LogP contribution in [0.3, 0.4) is 0 Å². The van der Waals surface area contributed by atoms with Crippen LogP contribution in [0.1, 0.15) is 36.4 Å². The lowest BCUT2D eigenvalue weighted by molar-refractivity contribution is 0.203. The van der Waals surface area contributed by atoms with Crippen molar-refractivity contribution in [1.29, 1.82) is 0 Å². The molecule has 2 rings (SSSR count). The summed E-state index contributed by atoms with van der Waals surface area (Å²) in [5, 5.41) is 5.71. The topological polar surface area (TPSA) is 34.0 Å². The summed E-state index contributed by atoms with van der Waals surface area (Å²) in [6.07, 6.45) is 3.28. The van der Waals surface area contributed by atoms with E-state index in [9.17, 15) is 0 Å². The van der Waals surface area contributed by atoms with Gasteiger partial charge in [0.15, 0.2) is 0 Å². The fourth-order valence-electron chi connectivity index (χ4n) is 2.46. The Morgan fingerprint density at radius 2 is 1.64 bits per heavy atom. The van der Waals surface area contributed by atoms with E-state index in [4.69, 9.17) is 23.2 Å². The van der Waals surface area contributed by atoms with Crippen LogP contribution in [-0.4, -0.2) is 25.7 Å². The third-order valence-electron chi connectivity index (χ3n) is 4.06. The lowest BCUT2D eigenvalue weighted by atomic mass is 10.1. The van der Waals surface area contributed by atoms with Crippen LogP contribution in [0.2, 0.25) is 10.0 Å². The van der Waals surface area contributed by atoms with Crippen LogP contribution in [0.25, 0.3) is 0 Å². The van der Waals surface area contributed by atoms with Gasteiger partial charge in [-0.15, -0.1) is 0 Å². The largest absolute Gasteiger partial charge is 0.292 e. The minimum absolute atomic E-state index is 0.360. The summed E-state index contributed by atoms with van der Waals surface area (Å²) in [5.74, 6) is 0. The Labute approximate surface area is 142 Å². The van der Waals surface area contributed by atoms with Crippen molar-refractivity contribution in [3.63, 3.8) is 0 Å². The Bertz CT molecular complexity index is 644. The Kier molecular flexibility index (Phi) is 5.48. The summed E-state index contributed by atoms with van der Waals surface area (Å²) >= 11 is 12.5. The number of nitrogens with zero attached hydrogens (tertiary/aromatic N) is 4. The maximum atomic E-state index is 6.26. The van der Waals surface area contributed by atoms with Crippen LogP contribution in [0, 0.1) is 13.8 Å². The van der Waals surface area contributed by atoms with Gasteiger partial charge in [0.2, 0.25) is 0 Å². The van der Waals surface area contributed by atoms with E-state index in [1.165, 1.54) is 11.3 Å². The summed E-state index contributed by atoms with van der Waals surface area (Å²) in [5.41, 5.74) is 4.44. The minimum Gasteiger partial charge on any atom is -0.292 e. The van der Waals surface area contributed by atoms with Gasteiger partial charge < -0.3 is 0 Å². The number of pyridine rings is 1. The van der Waals surface area contributed by atoms with Gasteiger partial charge in [-0.05, 0) is 27.7 Å². The standard InChI is InChI=1S/C16H22Cl2N4/c1-10(2)22(8-13-11(3)20-21(5)12(13)4)9-14-15(17)6-19-7-16(14)18/h6-7,10H,8-9H2,1-5H3. The monoisotopic (exact) mass is 340 g/mol. The van der Waals surface area contributed by atoms with Gasteiger partial charge in [-0.2, -0.15) is 5.10 Å². The molecule has 0 unspecified atom stereocenters. The van der Waals surface area contributed by atoms with E-state index >= 15 is 0 Å². The first-order valence-electron chi connectivity index (χ1n) is 7.32. The first kappa shape index (κ1) is 17.3. The summed E-state index contributed by atoms with van der Waals surface area (Å²) in [4.78, 5) is 6.35. The van der Waals surface area contributed by atoms with Crippen molar-refractivity contribution in [1.82, 2.24) is 19.7 Å². The van der Waals surface area contributed by atoms with Crippen molar-refractivity contribution < 1.29 is 0 Å². The van der Waals surface area contributed by atoms with Gasteiger partial charge in [0.25, 0.3) is 0 Å². The van der Waals surface area contributed by atoms with Gasteiger partial charge in [0, 0.05) is 55.4 Å². The Morgan fingerprint density at radius 1 is 1.09 bits per heavy atom. The maximum Gasteiger partial charge on any atom is 0.0649 e. The fourth-order valence-corrected chi connectivity index (χ4v) is 2.95. The molecule has 2 heterocycles. The molecule has 4 nitrogen and oxygen atoms in total. The van der Waals surface area contributed by atoms with Gasteiger partial charge >= 0.3 is 0 Å². The van der Waals surface area contributed by atoms with Gasteiger partial charge in [-0.3, -0.25) is 14.6 Å². The molecule has 0 saturated carbocycles. The van der Waals surface area contributed by atoms with E-state index < -0.39 is 0 Å². The molecule has 0 aliphatic carbocycles. The highest BCUT2D eigenvalue weighted by atomic mass is 35.5. The zero-order valence-electron chi connectivity index (χ0n) is 13.7. The second kappa shape index (κ2) is 6.99. The molecule has 0 atom stereocenters. The average molecular weight is 341 g/mol. The molecule has 0 spiro atoms. The van der Waals surface area contributed by atoms with E-state index in [0.29, 0.717) is 22.6 Å². The molecule has 0 amide bonds. The smallest absolute Gasteiger partial charge is 0.0649 e. The number of hydrogen-bond donors (Lipinski definition) is 0. The number of rotatable bonds is 5. The van der Waals surface area contributed by atoms with Gasteiger partial charge in [0.1, 0.15) is 0 Å². The van der Waals surface area contributed by atoms with Crippen LogP contribution in [0.4, 0.5) is 0 Å². The normalized spacial score (nSPS) is 11.7. The zero-order chi connectivity index (χ0) is 16.4. The number of hydrogen-bond acceptors (Lipinski definition) is 3. The fraction of sp³-hybridized carbons (Fsp3) is 0.500. The van der Waals surface area contributed by atoms with Crippen molar-refractivity contribution >= 4 is 23.2 Å². The summed E-state index contributed by atoms with van der Waals surface area (Å²) < 4.78 is 1.93. The Hall–Kier alpha value is -1.10. The van der Waals surface area contributed by atoms with Crippen LogP contribution in [0.5, 0.6) is 0 Å². The molecule has 0 aromatic carbocycles. The number of halogens is 2. The van der Waals surface area contributed by atoms with Crippen molar-refractivity contribution in [3.8, 4) is 0 Å². The molecule has 0 aliphatic heterocycles. The summed E-state index contributed by atoms with van der Waals surface area (Å²) in [6, 6.07) is 0.360. The van der Waals surface area contributed by atoms with Crippen molar-refractivity contribution in [3.05, 3.63) is 45.0 Å². The van der Waals surface area contributed by atoms with E-state index in [1.54, 1.807) is 12.4 Å². The second-order valence-corrected chi connectivity index (χ2v) is 6.67. The van der Waals surface area contributed by atoms with Crippen molar-refractivity contribution in [2.45, 2.75) is 46.8 Å². The van der Waals surface area contributed by atoms with Crippen LogP contribution in [-0.2, 0) is 20.1 Å². The predicted octanol–water partition coefficient (Wildman–Crippen LogP) is 4.15. The molecule has 2 aromatic heterocycles. The molecule has 6 heteroatoms. The zero-order valence-corrected chi connectivity index (χ0v) is 15.2. The molecule has 0 fully saturated rings. The highest BCUT2D eigenvalue weighted by Crippen LogP contribution is 2.26. The average Bonchev–Trinajstić information content (AvgIpc) is 2.67. The van der Waals surface area contributed by atoms with E-state index in [2.05, 4.69) is 35.8 Å². The highest BCUT2D eigenvalue weighted by Gasteiger charge is 2.19. The second-order valence-electron chi connectivity index (χ2n) is 5.85. The van der Waals surface area contributed by atoms with E-state index in [0.717, 1.165) is 17.8 Å². The number of aryl methyl sites for hydroxylation is 2. The lowest BCUT2D eigenvalue weighted by Crippen LogP contribution is -2.30. The third kappa shape index (κ3) is 3.62. The Balaban J connectivity index is 2.28. The molecule has 0 radical (unpaired) electrons. The van der Waals surface area contributed by atoms with Gasteiger partial charge in [-0.25, -0.2) is 0 Å². The highest BCUT2D eigenvalue weighted by molar-refractivity contribution is 6.35. The first-order chi connectivity index (χ1) is 10.3. The van der Waals surface area contributed by atoms with Crippen LogP contribution < -0.4 is 0 Å². The quantitative estimate of drug-likeness (QED) is 0.819. The Morgan fingerprint density at radius 3 is 2.09 bits per heavy atom. The van der Waals surface area contributed by atoms with E-state index in [-0.39, 0.29) is 0 Å². The lowest BCUT2D eigenvalue weighted by Gasteiger charge is -2.27. The van der Waals surface area contributed by atoms with Crippen molar-refractivity contribution in [2.24, 2.45) is 7.05 Å². The summed E-state index contributed by atoms with van der Waals surface area (Å²) in [7, 11) is 1.97. The predicted molar refractivity (Wildman–Crippen MR) is 91.3 cm³/mol.